The van der Waals surface area contributed by atoms with E-state index >= 15 is 0 Å². The highest BCUT2D eigenvalue weighted by Crippen LogP contribution is 1.94. The second-order valence-electron chi connectivity index (χ2n) is 1.57. The van der Waals surface area contributed by atoms with Gasteiger partial charge in [-0.3, -0.25) is 0 Å². The molecule has 1 aromatic rings. The third-order valence-electron chi connectivity index (χ3n) is 0.932. The topological polar surface area (TPSA) is 60.5 Å². The second kappa shape index (κ2) is 2.61. The van der Waals surface area contributed by atoms with E-state index in [0.717, 1.165) is 0 Å². The smallest absolute Gasteiger partial charge is 0.141 e. The highest BCUT2D eigenvalue weighted by molar-refractivity contribution is 5.28. The molecule has 0 unspecified atom stereocenters. The number of hydrogen-bond acceptors (Lipinski definition) is 3. The molecule has 1 aromatic heterocycles. The molecule has 10 heavy (non-hydrogen) atoms. The van der Waals surface area contributed by atoms with Crippen LogP contribution in [0.4, 0.5) is 0 Å². The zero-order chi connectivity index (χ0) is 7.40. The third kappa shape index (κ3) is 1.10. The van der Waals surface area contributed by atoms with Gasteiger partial charge in [0.25, 0.3) is 0 Å². The molecule has 45 valence electrons. The van der Waals surface area contributed by atoms with E-state index in [1.807, 2.05) is 12.1 Å². The molecule has 0 atom stereocenters. The van der Waals surface area contributed by atoms with E-state index in [-0.39, 0.29) is 5.69 Å². The van der Waals surface area contributed by atoms with Crippen molar-refractivity contribution in [3.63, 3.8) is 0 Å². The third-order valence-corrected chi connectivity index (χ3v) is 0.932. The van der Waals surface area contributed by atoms with Crippen molar-refractivity contribution in [1.82, 2.24) is 4.98 Å². The Balaban J connectivity index is 3.08. The van der Waals surface area contributed by atoms with Gasteiger partial charge in [0, 0.05) is 12.3 Å². The summed E-state index contributed by atoms with van der Waals surface area (Å²) in [6.07, 6.45) is 1.32. The number of nitriles is 2. The van der Waals surface area contributed by atoms with E-state index in [2.05, 4.69) is 11.1 Å². The van der Waals surface area contributed by atoms with Crippen LogP contribution in [0.25, 0.3) is 0 Å². The van der Waals surface area contributed by atoms with Gasteiger partial charge in [-0.2, -0.15) is 10.5 Å². The molecule has 0 amide bonds. The van der Waals surface area contributed by atoms with Gasteiger partial charge in [0.15, 0.2) is 0 Å². The summed E-state index contributed by atoms with van der Waals surface area (Å²) in [7, 11) is 0. The molecule has 0 fully saturated rings. The highest BCUT2D eigenvalue weighted by Gasteiger charge is 1.91. The van der Waals surface area contributed by atoms with Gasteiger partial charge in [-0.05, 0) is 6.07 Å². The van der Waals surface area contributed by atoms with Gasteiger partial charge >= 0.3 is 0 Å². The lowest BCUT2D eigenvalue weighted by Gasteiger charge is -1.84. The first-order valence-corrected chi connectivity index (χ1v) is 2.55. The molecule has 0 saturated carbocycles. The number of rotatable bonds is 0. The molecule has 0 saturated heterocycles. The van der Waals surface area contributed by atoms with Crippen molar-refractivity contribution in [2.24, 2.45) is 0 Å². The molecule has 0 N–H and O–H groups in total. The van der Waals surface area contributed by atoms with Crippen molar-refractivity contribution in [3.05, 3.63) is 29.6 Å². The number of aromatic nitrogens is 1. The summed E-state index contributed by atoms with van der Waals surface area (Å²) in [5, 5.41) is 16.6. The van der Waals surface area contributed by atoms with Crippen LogP contribution >= 0.6 is 0 Å². The number of hydrogen-bond donors (Lipinski definition) is 0. The van der Waals surface area contributed by atoms with Crippen LogP contribution in [0, 0.1) is 28.7 Å². The summed E-state index contributed by atoms with van der Waals surface area (Å²) in [6, 6.07) is 7.66. The molecule has 0 aliphatic carbocycles. The molecule has 0 spiro atoms. The predicted octanol–water partition coefficient (Wildman–Crippen LogP) is 0.625. The van der Waals surface area contributed by atoms with Crippen molar-refractivity contribution in [1.29, 1.82) is 10.5 Å². The van der Waals surface area contributed by atoms with Crippen molar-refractivity contribution >= 4 is 0 Å². The molecular formula is C7H2N3. The average Bonchev–Trinajstić information content (AvgIpc) is 2.05. The maximum atomic E-state index is 8.30. The van der Waals surface area contributed by atoms with Gasteiger partial charge in [0.1, 0.15) is 17.8 Å². The van der Waals surface area contributed by atoms with Gasteiger partial charge in [-0.25, -0.2) is 4.98 Å². The molecular weight excluding hydrogens is 126 g/mol. The fourth-order valence-electron chi connectivity index (χ4n) is 0.477. The Hall–Kier alpha value is -1.87. The minimum atomic E-state index is 0.277. The van der Waals surface area contributed by atoms with Gasteiger partial charge in [-0.15, -0.1) is 0 Å². The lowest BCUT2D eigenvalue weighted by Crippen LogP contribution is -1.82. The Labute approximate surface area is 58.2 Å². The largest absolute Gasteiger partial charge is 0.244 e. The fraction of sp³-hybridized carbons (Fsp3) is 0. The van der Waals surface area contributed by atoms with Crippen LogP contribution < -0.4 is 0 Å². The van der Waals surface area contributed by atoms with E-state index in [1.165, 1.54) is 12.3 Å². The van der Waals surface area contributed by atoms with Crippen LogP contribution in [0.2, 0.25) is 0 Å². The maximum Gasteiger partial charge on any atom is 0.141 e. The Morgan fingerprint density at radius 3 is 2.60 bits per heavy atom. The molecule has 1 radical (unpaired) electrons. The monoisotopic (exact) mass is 128 g/mol. The van der Waals surface area contributed by atoms with Crippen LogP contribution in [0.1, 0.15) is 11.3 Å². The molecule has 3 nitrogen and oxygen atoms in total. The van der Waals surface area contributed by atoms with Crippen LogP contribution in [0.5, 0.6) is 0 Å². The molecule has 0 aromatic carbocycles. The maximum absolute atomic E-state index is 8.30. The predicted molar refractivity (Wildman–Crippen MR) is 32.5 cm³/mol. The molecule has 3 heteroatoms. The number of pyridine rings is 1. The van der Waals surface area contributed by atoms with E-state index < -0.39 is 0 Å². The SMILES string of the molecule is N#Cc1[c]cc(C#N)nc1. The summed E-state index contributed by atoms with van der Waals surface area (Å²) in [4.78, 5) is 3.65. The van der Waals surface area contributed by atoms with E-state index in [1.54, 1.807) is 0 Å². The summed E-state index contributed by atoms with van der Waals surface area (Å²) >= 11 is 0. The Kier molecular flexibility index (Phi) is 1.63. The highest BCUT2D eigenvalue weighted by atomic mass is 14.7. The fourth-order valence-corrected chi connectivity index (χ4v) is 0.477. The first-order chi connectivity index (χ1) is 4.86. The standard InChI is InChI=1S/C7H2N3/c8-3-6-1-2-7(4-9)10-5-6/h2,5H. The van der Waals surface area contributed by atoms with Gasteiger partial charge in [0.2, 0.25) is 0 Å². The van der Waals surface area contributed by atoms with Gasteiger partial charge in [0.05, 0.1) is 5.56 Å². The Morgan fingerprint density at radius 2 is 2.20 bits per heavy atom. The summed E-state index contributed by atoms with van der Waals surface area (Å²) in [6.45, 7) is 0. The zero-order valence-corrected chi connectivity index (χ0v) is 5.00. The molecule has 0 aliphatic rings. The Bertz CT molecular complexity index is 266. The van der Waals surface area contributed by atoms with Crippen molar-refractivity contribution < 1.29 is 0 Å². The van der Waals surface area contributed by atoms with E-state index in [9.17, 15) is 0 Å². The molecule has 1 rings (SSSR count). The van der Waals surface area contributed by atoms with Crippen LogP contribution in [-0.4, -0.2) is 4.98 Å². The van der Waals surface area contributed by atoms with Gasteiger partial charge in [-0.1, -0.05) is 0 Å². The van der Waals surface area contributed by atoms with E-state index in [0.29, 0.717) is 5.56 Å². The van der Waals surface area contributed by atoms with Crippen molar-refractivity contribution in [2.75, 3.05) is 0 Å². The minimum absolute atomic E-state index is 0.277. The summed E-state index contributed by atoms with van der Waals surface area (Å²) in [5.74, 6) is 0. The molecule has 0 aliphatic heterocycles. The first-order valence-electron chi connectivity index (χ1n) is 2.55. The van der Waals surface area contributed by atoms with Crippen LogP contribution in [0.3, 0.4) is 0 Å². The summed E-state index contributed by atoms with van der Waals surface area (Å²) < 4.78 is 0. The quantitative estimate of drug-likeness (QED) is 0.514. The average molecular weight is 128 g/mol. The lowest BCUT2D eigenvalue weighted by atomic mass is 10.3. The molecule has 0 bridgehead atoms. The van der Waals surface area contributed by atoms with Crippen molar-refractivity contribution in [2.45, 2.75) is 0 Å². The van der Waals surface area contributed by atoms with Gasteiger partial charge < -0.3 is 0 Å². The normalized spacial score (nSPS) is 7.80. The van der Waals surface area contributed by atoms with Crippen LogP contribution in [-0.2, 0) is 0 Å². The lowest BCUT2D eigenvalue weighted by molar-refractivity contribution is 1.24. The van der Waals surface area contributed by atoms with E-state index in [4.69, 9.17) is 10.5 Å². The summed E-state index contributed by atoms with van der Waals surface area (Å²) in [5.41, 5.74) is 0.623. The number of nitrogens with zero attached hydrogens (tertiary/aromatic N) is 3. The van der Waals surface area contributed by atoms with Crippen LogP contribution in [0.15, 0.2) is 12.3 Å². The van der Waals surface area contributed by atoms with Crippen molar-refractivity contribution in [3.8, 4) is 12.1 Å². The zero-order valence-electron chi connectivity index (χ0n) is 5.00. The second-order valence-corrected chi connectivity index (χ2v) is 1.57. The molecule has 1 heterocycles. The first kappa shape index (κ1) is 6.25. The Morgan fingerprint density at radius 1 is 1.40 bits per heavy atom. The minimum Gasteiger partial charge on any atom is -0.244 e.